The number of benzene rings is 2. The molecule has 0 spiro atoms. The van der Waals surface area contributed by atoms with E-state index < -0.39 is 12.1 Å². The van der Waals surface area contributed by atoms with Crippen LogP contribution in [0, 0.1) is 11.3 Å². The summed E-state index contributed by atoms with van der Waals surface area (Å²) in [5.41, 5.74) is 1.20. The van der Waals surface area contributed by atoms with E-state index >= 15 is 0 Å². The van der Waals surface area contributed by atoms with Gasteiger partial charge >= 0.3 is 5.97 Å². The Bertz CT molecular complexity index is 1020. The number of aliphatic hydroxyl groups is 1. The molecule has 1 atom stereocenters. The van der Waals surface area contributed by atoms with Crippen molar-refractivity contribution in [3.8, 4) is 29.1 Å². The second-order valence-corrected chi connectivity index (χ2v) is 6.11. The Morgan fingerprint density at radius 3 is 2.42 bits per heavy atom. The van der Waals surface area contributed by atoms with E-state index in [0.717, 1.165) is 0 Å². The minimum atomic E-state index is -1.22. The third-order valence-corrected chi connectivity index (χ3v) is 3.99. The molecule has 8 nitrogen and oxygen atoms in total. The van der Waals surface area contributed by atoms with Crippen LogP contribution in [0.1, 0.15) is 18.1 Å². The molecule has 162 valence electrons. The van der Waals surface area contributed by atoms with Crippen LogP contribution in [0.5, 0.6) is 23.0 Å². The van der Waals surface area contributed by atoms with Crippen LogP contribution in [0.2, 0.25) is 0 Å². The van der Waals surface area contributed by atoms with E-state index in [1.54, 1.807) is 49.4 Å². The summed E-state index contributed by atoms with van der Waals surface area (Å²) in [6.45, 7) is 1.83. The summed E-state index contributed by atoms with van der Waals surface area (Å²) in [6.07, 6.45) is 3.13. The van der Waals surface area contributed by atoms with Crippen molar-refractivity contribution in [2.24, 2.45) is 0 Å². The summed E-state index contributed by atoms with van der Waals surface area (Å²) in [6, 6.07) is 11.1. The maximum absolute atomic E-state index is 12.4. The maximum atomic E-state index is 12.4. The highest BCUT2D eigenvalue weighted by Gasteiger charge is 2.17. The van der Waals surface area contributed by atoms with Gasteiger partial charge in [0.2, 0.25) is 5.76 Å². The maximum Gasteiger partial charge on any atom is 0.374 e. The van der Waals surface area contributed by atoms with Gasteiger partial charge in [0.15, 0.2) is 29.1 Å². The second kappa shape index (κ2) is 11.3. The van der Waals surface area contributed by atoms with Gasteiger partial charge < -0.3 is 29.2 Å². The van der Waals surface area contributed by atoms with Gasteiger partial charge in [0.1, 0.15) is 0 Å². The monoisotopic (exact) mass is 425 g/mol. The number of nitriles is 1. The lowest BCUT2D eigenvalue weighted by Crippen LogP contribution is -2.13. The van der Waals surface area contributed by atoms with E-state index in [9.17, 15) is 15.0 Å². The molecule has 0 heterocycles. The summed E-state index contributed by atoms with van der Waals surface area (Å²) in [5.74, 6) is 0.00160. The van der Waals surface area contributed by atoms with Crippen molar-refractivity contribution in [3.05, 3.63) is 59.4 Å². The molecule has 0 aromatic heterocycles. The molecule has 0 amide bonds. The highest BCUT2D eigenvalue weighted by Crippen LogP contribution is 2.32. The first-order chi connectivity index (χ1) is 14.9. The molecule has 0 radical (unpaired) electrons. The largest absolute Gasteiger partial charge is 0.504 e. The van der Waals surface area contributed by atoms with Gasteiger partial charge in [0, 0.05) is 0 Å². The quantitative estimate of drug-likeness (QED) is 0.272. The molecule has 0 fully saturated rings. The Balaban J connectivity index is 2.40. The zero-order valence-electron chi connectivity index (χ0n) is 17.4. The number of esters is 1. The number of carbonyl (C=O) groups is 1. The van der Waals surface area contributed by atoms with Crippen LogP contribution in [0.4, 0.5) is 0 Å². The molecule has 2 aromatic rings. The summed E-state index contributed by atoms with van der Waals surface area (Å²) < 4.78 is 21.3. The van der Waals surface area contributed by atoms with Crippen molar-refractivity contribution in [3.63, 3.8) is 0 Å². The van der Waals surface area contributed by atoms with Gasteiger partial charge in [-0.2, -0.15) is 5.26 Å². The summed E-state index contributed by atoms with van der Waals surface area (Å²) in [5, 5.41) is 27.8. The van der Waals surface area contributed by atoms with Gasteiger partial charge in [-0.3, -0.25) is 0 Å². The van der Waals surface area contributed by atoms with Crippen molar-refractivity contribution in [2.75, 3.05) is 20.8 Å². The van der Waals surface area contributed by atoms with Gasteiger partial charge in [-0.05, 0) is 54.5 Å². The molecule has 31 heavy (non-hydrogen) atoms. The van der Waals surface area contributed by atoms with Crippen molar-refractivity contribution >= 4 is 18.1 Å². The number of aliphatic hydroxyl groups excluding tert-OH is 1. The Labute approximate surface area is 180 Å². The fourth-order valence-corrected chi connectivity index (χ4v) is 2.50. The minimum Gasteiger partial charge on any atom is -0.504 e. The molecule has 0 aliphatic rings. The summed E-state index contributed by atoms with van der Waals surface area (Å²) >= 11 is 0. The second-order valence-electron chi connectivity index (χ2n) is 6.11. The van der Waals surface area contributed by atoms with E-state index in [1.165, 1.54) is 32.4 Å². The lowest BCUT2D eigenvalue weighted by atomic mass is 10.1. The fourth-order valence-electron chi connectivity index (χ4n) is 2.50. The predicted octanol–water partition coefficient (Wildman–Crippen LogP) is 3.29. The molecule has 2 N–H and O–H groups in total. The number of hydrogen-bond acceptors (Lipinski definition) is 8. The molecule has 0 saturated carbocycles. The molecule has 0 aliphatic carbocycles. The van der Waals surface area contributed by atoms with Crippen LogP contribution < -0.4 is 14.2 Å². The molecule has 0 bridgehead atoms. The Hall–Kier alpha value is -3.96. The van der Waals surface area contributed by atoms with Crippen molar-refractivity contribution < 1.29 is 34.0 Å². The molecule has 2 aromatic carbocycles. The molecule has 0 saturated heterocycles. The highest BCUT2D eigenvalue weighted by atomic mass is 16.6. The van der Waals surface area contributed by atoms with Crippen LogP contribution in [-0.2, 0) is 9.53 Å². The first kappa shape index (κ1) is 23.3. The molecular formula is C23H23NO7. The number of phenolic OH excluding ortho intramolecular Hbond substituents is 1. The number of rotatable bonds is 9. The topological polar surface area (TPSA) is 118 Å². The molecule has 1 unspecified atom stereocenters. The summed E-state index contributed by atoms with van der Waals surface area (Å²) in [7, 11) is 2.86. The zero-order valence-corrected chi connectivity index (χ0v) is 17.4. The first-order valence-electron chi connectivity index (χ1n) is 9.29. The molecular weight excluding hydrogens is 402 g/mol. The van der Waals surface area contributed by atoms with Gasteiger partial charge in [-0.15, -0.1) is 0 Å². The average Bonchev–Trinajstić information content (AvgIpc) is 2.78. The predicted molar refractivity (Wildman–Crippen MR) is 114 cm³/mol. The minimum absolute atomic E-state index is 0.0370. The highest BCUT2D eigenvalue weighted by molar-refractivity contribution is 5.92. The lowest BCUT2D eigenvalue weighted by Gasteiger charge is -2.13. The van der Waals surface area contributed by atoms with Crippen LogP contribution in [0.15, 0.2) is 48.2 Å². The number of hydrogen-bond donors (Lipinski definition) is 2. The van der Waals surface area contributed by atoms with Gasteiger partial charge in [-0.25, -0.2) is 4.79 Å². The van der Waals surface area contributed by atoms with Crippen LogP contribution in [0.25, 0.3) is 12.2 Å². The van der Waals surface area contributed by atoms with E-state index in [0.29, 0.717) is 16.9 Å². The number of carbonyl (C=O) groups excluding carboxylic acids is 1. The Morgan fingerprint density at radius 2 is 1.77 bits per heavy atom. The number of methoxy groups -OCH3 is 2. The molecule has 2 rings (SSSR count). The SMILES string of the molecule is CCOC(=O)/C(=C/c1ccc(O)c(OC)c1)Oc1ccc(/C=C/C(O)C#N)cc1OC. The van der Waals surface area contributed by atoms with Crippen molar-refractivity contribution in [1.29, 1.82) is 5.26 Å². The van der Waals surface area contributed by atoms with E-state index in [-0.39, 0.29) is 29.6 Å². The smallest absolute Gasteiger partial charge is 0.374 e. The normalized spacial score (nSPS) is 12.2. The van der Waals surface area contributed by atoms with Gasteiger partial charge in [0.05, 0.1) is 26.9 Å². The number of aromatic hydroxyl groups is 1. The van der Waals surface area contributed by atoms with E-state index in [4.69, 9.17) is 24.2 Å². The zero-order chi connectivity index (χ0) is 22.8. The van der Waals surface area contributed by atoms with E-state index in [1.807, 2.05) is 0 Å². The van der Waals surface area contributed by atoms with Gasteiger partial charge in [-0.1, -0.05) is 18.2 Å². The third-order valence-electron chi connectivity index (χ3n) is 3.99. The standard InChI is InChI=1S/C23H23NO7/c1-4-30-23(27)22(13-16-6-9-18(26)20(12-16)28-2)31-19-10-7-15(11-21(19)29-3)5-8-17(25)14-24/h5-13,17,25-26H,4H2,1-3H3/b8-5+,22-13-. The third kappa shape index (κ3) is 6.52. The number of nitrogens with zero attached hydrogens (tertiary/aromatic N) is 1. The van der Waals surface area contributed by atoms with Gasteiger partial charge in [0.25, 0.3) is 0 Å². The first-order valence-corrected chi connectivity index (χ1v) is 9.29. The Morgan fingerprint density at radius 1 is 1.10 bits per heavy atom. The lowest BCUT2D eigenvalue weighted by molar-refractivity contribution is -0.140. The van der Waals surface area contributed by atoms with Crippen molar-refractivity contribution in [2.45, 2.75) is 13.0 Å². The average molecular weight is 425 g/mol. The fraction of sp³-hybridized carbons (Fsp3) is 0.217. The van der Waals surface area contributed by atoms with Crippen molar-refractivity contribution in [1.82, 2.24) is 0 Å². The van der Waals surface area contributed by atoms with Crippen LogP contribution in [0.3, 0.4) is 0 Å². The number of phenols is 1. The Kier molecular flexibility index (Phi) is 8.49. The van der Waals surface area contributed by atoms with Crippen LogP contribution >= 0.6 is 0 Å². The van der Waals surface area contributed by atoms with Crippen LogP contribution in [-0.4, -0.2) is 43.1 Å². The molecule has 0 aliphatic heterocycles. The van der Waals surface area contributed by atoms with E-state index in [2.05, 4.69) is 0 Å². The summed E-state index contributed by atoms with van der Waals surface area (Å²) in [4.78, 5) is 12.4. The number of ether oxygens (including phenoxy) is 4. The molecule has 8 heteroatoms.